The molecule has 0 radical (unpaired) electrons. The van der Waals surface area contributed by atoms with Crippen LogP contribution in [0.25, 0.3) is 0 Å². The quantitative estimate of drug-likeness (QED) is 0.729. The summed E-state index contributed by atoms with van der Waals surface area (Å²) in [4.78, 5) is 0. The minimum absolute atomic E-state index is 0.223. The Morgan fingerprint density at radius 1 is 1.39 bits per heavy atom. The van der Waals surface area contributed by atoms with Crippen LogP contribution in [0.15, 0.2) is 12.2 Å². The van der Waals surface area contributed by atoms with E-state index in [-0.39, 0.29) is 12.0 Å². The molecule has 0 amide bonds. The van der Waals surface area contributed by atoms with Crippen LogP contribution in [0.2, 0.25) is 0 Å². The summed E-state index contributed by atoms with van der Waals surface area (Å²) in [5.41, 5.74) is 0.702. The second-order valence-corrected chi connectivity index (χ2v) is 6.70. The predicted octanol–water partition coefficient (Wildman–Crippen LogP) is 2.63. The van der Waals surface area contributed by atoms with Crippen LogP contribution in [0, 0.1) is 11.8 Å². The van der Waals surface area contributed by atoms with Crippen LogP contribution >= 0.6 is 0 Å². The van der Waals surface area contributed by atoms with Crippen LogP contribution in [0.5, 0.6) is 0 Å². The molecule has 0 unspecified atom stereocenters. The van der Waals surface area contributed by atoms with Crippen LogP contribution in [-0.2, 0) is 9.47 Å². The van der Waals surface area contributed by atoms with Gasteiger partial charge in [-0.25, -0.2) is 0 Å². The SMILES string of the molecule is C=C1CC[C@@H](C(C)C)[C@H](O)[C@@H]2O[C@@]3(C)CC[C@@]12O3. The number of rotatable bonds is 1. The van der Waals surface area contributed by atoms with Gasteiger partial charge >= 0.3 is 0 Å². The lowest BCUT2D eigenvalue weighted by Crippen LogP contribution is -2.49. The molecule has 102 valence electrons. The van der Waals surface area contributed by atoms with E-state index in [2.05, 4.69) is 20.4 Å². The first-order valence-corrected chi connectivity index (χ1v) is 7.12. The zero-order chi connectivity index (χ0) is 13.1. The van der Waals surface area contributed by atoms with E-state index in [0.29, 0.717) is 5.92 Å². The van der Waals surface area contributed by atoms with E-state index in [1.54, 1.807) is 0 Å². The monoisotopic (exact) mass is 252 g/mol. The highest BCUT2D eigenvalue weighted by Crippen LogP contribution is 2.57. The van der Waals surface area contributed by atoms with Crippen LogP contribution in [-0.4, -0.2) is 28.7 Å². The second-order valence-electron chi connectivity index (χ2n) is 6.70. The molecule has 3 rings (SSSR count). The zero-order valence-corrected chi connectivity index (χ0v) is 11.6. The molecule has 0 aromatic rings. The van der Waals surface area contributed by atoms with Gasteiger partial charge in [0.2, 0.25) is 0 Å². The molecule has 5 atom stereocenters. The summed E-state index contributed by atoms with van der Waals surface area (Å²) < 4.78 is 12.2. The van der Waals surface area contributed by atoms with Crippen LogP contribution in [0.4, 0.5) is 0 Å². The van der Waals surface area contributed by atoms with Crippen molar-refractivity contribution in [3.63, 3.8) is 0 Å². The van der Waals surface area contributed by atoms with Crippen molar-refractivity contribution in [1.29, 1.82) is 0 Å². The molecule has 18 heavy (non-hydrogen) atoms. The third-order valence-electron chi connectivity index (χ3n) is 5.17. The maximum absolute atomic E-state index is 10.7. The third kappa shape index (κ3) is 1.54. The number of ether oxygens (including phenoxy) is 2. The van der Waals surface area contributed by atoms with Crippen molar-refractivity contribution in [1.82, 2.24) is 0 Å². The number of fused-ring (bicyclic) bond motifs is 1. The van der Waals surface area contributed by atoms with Gasteiger partial charge in [-0.1, -0.05) is 20.4 Å². The van der Waals surface area contributed by atoms with Gasteiger partial charge in [0.15, 0.2) is 5.79 Å². The molecule has 2 saturated heterocycles. The minimum Gasteiger partial charge on any atom is -0.390 e. The molecule has 2 aliphatic heterocycles. The largest absolute Gasteiger partial charge is 0.390 e. The Labute approximate surface area is 109 Å². The van der Waals surface area contributed by atoms with E-state index in [0.717, 1.165) is 31.3 Å². The summed E-state index contributed by atoms with van der Waals surface area (Å²) >= 11 is 0. The molecule has 1 aliphatic carbocycles. The van der Waals surface area contributed by atoms with Crippen LogP contribution in [0.1, 0.15) is 46.5 Å². The summed E-state index contributed by atoms with van der Waals surface area (Å²) in [6.45, 7) is 10.6. The maximum Gasteiger partial charge on any atom is 0.167 e. The average molecular weight is 252 g/mol. The molecule has 2 heterocycles. The highest BCUT2D eigenvalue weighted by Gasteiger charge is 2.65. The Morgan fingerprint density at radius 2 is 2.11 bits per heavy atom. The standard InChI is InChI=1S/C15H24O3/c1-9(2)11-6-5-10(3)15-8-7-14(4,18-15)17-13(15)12(11)16/h9,11-13,16H,3,5-8H2,1-2,4H3/t11-,12-,13-,14+,15+/m0/s1. The van der Waals surface area contributed by atoms with Gasteiger partial charge < -0.3 is 14.6 Å². The van der Waals surface area contributed by atoms with Gasteiger partial charge in [0, 0.05) is 6.42 Å². The maximum atomic E-state index is 10.7. The van der Waals surface area contributed by atoms with Crippen molar-refractivity contribution in [2.75, 3.05) is 0 Å². The Morgan fingerprint density at radius 3 is 2.72 bits per heavy atom. The molecule has 3 heteroatoms. The lowest BCUT2D eigenvalue weighted by molar-refractivity contribution is -0.166. The normalized spacial score (nSPS) is 51.6. The van der Waals surface area contributed by atoms with Gasteiger partial charge in [0.25, 0.3) is 0 Å². The Bertz CT molecular complexity index is 378. The summed E-state index contributed by atoms with van der Waals surface area (Å²) in [6.07, 6.45) is 3.11. The highest BCUT2D eigenvalue weighted by atomic mass is 16.8. The zero-order valence-electron chi connectivity index (χ0n) is 11.6. The summed E-state index contributed by atoms with van der Waals surface area (Å²) in [5.74, 6) is 0.226. The molecule has 1 saturated carbocycles. The molecular formula is C15H24O3. The van der Waals surface area contributed by atoms with Crippen molar-refractivity contribution in [2.24, 2.45) is 11.8 Å². The van der Waals surface area contributed by atoms with Crippen molar-refractivity contribution in [3.05, 3.63) is 12.2 Å². The lowest BCUT2D eigenvalue weighted by atomic mass is 9.80. The Balaban J connectivity index is 1.97. The predicted molar refractivity (Wildman–Crippen MR) is 69.0 cm³/mol. The topological polar surface area (TPSA) is 38.7 Å². The summed E-state index contributed by atoms with van der Waals surface area (Å²) in [5, 5.41) is 10.7. The highest BCUT2D eigenvalue weighted by molar-refractivity contribution is 5.26. The molecule has 0 aromatic carbocycles. The van der Waals surface area contributed by atoms with E-state index >= 15 is 0 Å². The summed E-state index contributed by atoms with van der Waals surface area (Å²) in [7, 11) is 0. The van der Waals surface area contributed by atoms with E-state index in [4.69, 9.17) is 9.47 Å². The van der Waals surface area contributed by atoms with Gasteiger partial charge in [-0.3, -0.25) is 0 Å². The Kier molecular flexibility index (Phi) is 2.68. The first-order valence-electron chi connectivity index (χ1n) is 7.12. The lowest BCUT2D eigenvalue weighted by Gasteiger charge is -2.36. The van der Waals surface area contributed by atoms with Crippen LogP contribution < -0.4 is 0 Å². The van der Waals surface area contributed by atoms with Crippen LogP contribution in [0.3, 0.4) is 0 Å². The fourth-order valence-electron chi connectivity index (χ4n) is 4.02. The van der Waals surface area contributed by atoms with E-state index in [9.17, 15) is 5.11 Å². The van der Waals surface area contributed by atoms with Gasteiger partial charge in [0.05, 0.1) is 6.10 Å². The first kappa shape index (κ1) is 12.6. The Hall–Kier alpha value is -0.380. The van der Waals surface area contributed by atoms with Gasteiger partial charge in [-0.15, -0.1) is 0 Å². The fraction of sp³-hybridized carbons (Fsp3) is 0.867. The van der Waals surface area contributed by atoms with E-state index in [1.807, 2.05) is 6.92 Å². The third-order valence-corrected chi connectivity index (χ3v) is 5.17. The summed E-state index contributed by atoms with van der Waals surface area (Å²) in [6, 6.07) is 0. The van der Waals surface area contributed by atoms with Gasteiger partial charge in [-0.2, -0.15) is 0 Å². The number of hydrogen-bond acceptors (Lipinski definition) is 3. The smallest absolute Gasteiger partial charge is 0.167 e. The molecule has 3 fully saturated rings. The average Bonchev–Trinajstić information content (AvgIpc) is 2.76. The molecule has 3 nitrogen and oxygen atoms in total. The first-order chi connectivity index (χ1) is 8.38. The van der Waals surface area contributed by atoms with E-state index < -0.39 is 17.5 Å². The number of aliphatic hydroxyl groups is 1. The van der Waals surface area contributed by atoms with E-state index in [1.165, 1.54) is 0 Å². The molecule has 2 bridgehead atoms. The van der Waals surface area contributed by atoms with Gasteiger partial charge in [0.1, 0.15) is 11.7 Å². The number of hydrogen-bond donors (Lipinski definition) is 1. The molecule has 1 spiro atoms. The fourth-order valence-corrected chi connectivity index (χ4v) is 4.02. The van der Waals surface area contributed by atoms with Crippen molar-refractivity contribution >= 4 is 0 Å². The van der Waals surface area contributed by atoms with Crippen molar-refractivity contribution in [3.8, 4) is 0 Å². The molecule has 1 N–H and O–H groups in total. The van der Waals surface area contributed by atoms with Gasteiger partial charge in [-0.05, 0) is 43.6 Å². The minimum atomic E-state index is -0.506. The molecule has 3 aliphatic rings. The molecular weight excluding hydrogens is 228 g/mol. The van der Waals surface area contributed by atoms with Crippen molar-refractivity contribution < 1.29 is 14.6 Å². The molecule has 0 aromatic heterocycles. The van der Waals surface area contributed by atoms with Crippen molar-refractivity contribution in [2.45, 2.75) is 70.1 Å². The second kappa shape index (κ2) is 3.81. The number of aliphatic hydroxyl groups excluding tert-OH is 1.